The maximum Gasteiger partial charge on any atom is 0.282 e. The van der Waals surface area contributed by atoms with Gasteiger partial charge in [-0.3, -0.25) is 0 Å². The zero-order valence-corrected chi connectivity index (χ0v) is 14.2. The number of aromatic nitrogens is 2. The normalized spacial score (nSPS) is 24.6. The highest BCUT2D eigenvalue weighted by atomic mass is 16.5. The molecule has 0 saturated carbocycles. The van der Waals surface area contributed by atoms with Crippen molar-refractivity contribution in [3.05, 3.63) is 41.7 Å². The van der Waals surface area contributed by atoms with Gasteiger partial charge in [0.1, 0.15) is 11.6 Å². The van der Waals surface area contributed by atoms with Gasteiger partial charge in [-0.05, 0) is 23.6 Å². The first-order valence-electron chi connectivity index (χ1n) is 8.11. The van der Waals surface area contributed by atoms with Gasteiger partial charge in [0.2, 0.25) is 5.95 Å². The van der Waals surface area contributed by atoms with E-state index in [1.807, 2.05) is 38.3 Å². The summed E-state index contributed by atoms with van der Waals surface area (Å²) in [6.07, 6.45) is 5.44. The van der Waals surface area contributed by atoms with E-state index in [2.05, 4.69) is 33.2 Å². The maximum absolute atomic E-state index is 5.81. The fourth-order valence-electron chi connectivity index (χ4n) is 3.66. The summed E-state index contributed by atoms with van der Waals surface area (Å²) in [6.45, 7) is 2.05. The van der Waals surface area contributed by atoms with E-state index >= 15 is 0 Å². The van der Waals surface area contributed by atoms with E-state index in [4.69, 9.17) is 10.5 Å². The van der Waals surface area contributed by atoms with Crippen LogP contribution in [0.25, 0.3) is 11.1 Å². The van der Waals surface area contributed by atoms with Gasteiger partial charge in [-0.25, -0.2) is 15.0 Å². The van der Waals surface area contributed by atoms with Crippen LogP contribution >= 0.6 is 0 Å². The number of nitrogens with zero attached hydrogens (tertiary/aromatic N) is 4. The molecule has 1 aliphatic carbocycles. The Morgan fingerprint density at radius 1 is 1.21 bits per heavy atom. The summed E-state index contributed by atoms with van der Waals surface area (Å²) in [5.74, 6) is 0.706. The van der Waals surface area contributed by atoms with Gasteiger partial charge in [0.15, 0.2) is 0 Å². The van der Waals surface area contributed by atoms with E-state index in [-0.39, 0.29) is 11.6 Å². The second-order valence-electron chi connectivity index (χ2n) is 6.78. The molecule has 0 fully saturated rings. The number of ether oxygens (including phenoxy) is 1. The lowest BCUT2D eigenvalue weighted by molar-refractivity contribution is 0.157. The number of anilines is 1. The lowest BCUT2D eigenvalue weighted by atomic mass is 9.90. The molecule has 1 spiro atoms. The smallest absolute Gasteiger partial charge is 0.282 e. The number of rotatable bonds is 2. The lowest BCUT2D eigenvalue weighted by Crippen LogP contribution is -2.36. The van der Waals surface area contributed by atoms with Crippen LogP contribution in [0.1, 0.15) is 18.1 Å². The summed E-state index contributed by atoms with van der Waals surface area (Å²) >= 11 is 0. The van der Waals surface area contributed by atoms with Crippen LogP contribution in [0, 0.1) is 0 Å². The van der Waals surface area contributed by atoms with E-state index in [1.54, 1.807) is 0 Å². The minimum absolute atomic E-state index is 0.00915. The minimum atomic E-state index is -0.271. The molecule has 0 saturated heterocycles. The SMILES string of the molecule is C[C@H]1OC(N)=N[C@@]12Cc1cccc(-c3cnc(N(C)C)nc3)c1C2. The summed E-state index contributed by atoms with van der Waals surface area (Å²) in [5, 5.41) is 0. The number of hydrogen-bond acceptors (Lipinski definition) is 6. The Bertz CT molecular complexity index is 815. The van der Waals surface area contributed by atoms with Crippen LogP contribution in [0.4, 0.5) is 5.95 Å². The third-order valence-corrected chi connectivity index (χ3v) is 4.99. The van der Waals surface area contributed by atoms with E-state index < -0.39 is 0 Å². The molecule has 6 nitrogen and oxygen atoms in total. The fraction of sp³-hybridized carbons (Fsp3) is 0.389. The minimum Gasteiger partial charge on any atom is -0.460 e. The molecule has 1 aromatic heterocycles. The van der Waals surface area contributed by atoms with Gasteiger partial charge in [-0.15, -0.1) is 0 Å². The first-order chi connectivity index (χ1) is 11.5. The highest BCUT2D eigenvalue weighted by Crippen LogP contribution is 2.43. The lowest BCUT2D eigenvalue weighted by Gasteiger charge is -2.23. The van der Waals surface area contributed by atoms with Gasteiger partial charge in [0.25, 0.3) is 6.02 Å². The Labute approximate surface area is 141 Å². The number of aliphatic imine (C=N–C) groups is 1. The Balaban J connectivity index is 1.73. The Morgan fingerprint density at radius 2 is 1.96 bits per heavy atom. The van der Waals surface area contributed by atoms with Crippen LogP contribution in [0.15, 0.2) is 35.6 Å². The fourth-order valence-corrected chi connectivity index (χ4v) is 3.66. The van der Waals surface area contributed by atoms with Crippen molar-refractivity contribution >= 4 is 12.0 Å². The largest absolute Gasteiger partial charge is 0.460 e. The van der Waals surface area contributed by atoms with Gasteiger partial charge in [-0.2, -0.15) is 0 Å². The molecule has 0 amide bonds. The molecule has 0 bridgehead atoms. The van der Waals surface area contributed by atoms with E-state index in [0.29, 0.717) is 12.0 Å². The average Bonchev–Trinajstić information content (AvgIpc) is 3.06. The quantitative estimate of drug-likeness (QED) is 0.911. The molecule has 1 aromatic carbocycles. The highest BCUT2D eigenvalue weighted by molar-refractivity contribution is 5.76. The molecule has 1 aliphatic heterocycles. The van der Waals surface area contributed by atoms with Crippen LogP contribution in [0.5, 0.6) is 0 Å². The average molecular weight is 323 g/mol. The van der Waals surface area contributed by atoms with E-state index in [9.17, 15) is 0 Å². The third-order valence-electron chi connectivity index (χ3n) is 4.99. The second-order valence-corrected chi connectivity index (χ2v) is 6.78. The molecule has 24 heavy (non-hydrogen) atoms. The number of benzene rings is 1. The van der Waals surface area contributed by atoms with Crippen molar-refractivity contribution in [2.45, 2.75) is 31.4 Å². The number of fused-ring (bicyclic) bond motifs is 1. The van der Waals surface area contributed by atoms with Gasteiger partial charge in [0.05, 0.1) is 0 Å². The van der Waals surface area contributed by atoms with Gasteiger partial charge >= 0.3 is 0 Å². The number of nitrogens with two attached hydrogens (primary N) is 1. The van der Waals surface area contributed by atoms with Crippen molar-refractivity contribution < 1.29 is 4.74 Å². The van der Waals surface area contributed by atoms with Crippen molar-refractivity contribution in [1.29, 1.82) is 0 Å². The Kier molecular flexibility index (Phi) is 3.23. The summed E-state index contributed by atoms with van der Waals surface area (Å²) in [7, 11) is 3.87. The molecule has 6 heteroatoms. The van der Waals surface area contributed by atoms with Crippen molar-refractivity contribution in [3.8, 4) is 11.1 Å². The maximum atomic E-state index is 5.81. The van der Waals surface area contributed by atoms with E-state index in [1.165, 1.54) is 16.7 Å². The molecular weight excluding hydrogens is 302 g/mol. The summed E-state index contributed by atoms with van der Waals surface area (Å²) in [4.78, 5) is 15.4. The predicted molar refractivity (Wildman–Crippen MR) is 94.1 cm³/mol. The van der Waals surface area contributed by atoms with Crippen LogP contribution in [0.3, 0.4) is 0 Å². The van der Waals surface area contributed by atoms with Crippen molar-refractivity contribution in [2.75, 3.05) is 19.0 Å². The topological polar surface area (TPSA) is 76.6 Å². The van der Waals surface area contributed by atoms with Crippen LogP contribution < -0.4 is 10.6 Å². The van der Waals surface area contributed by atoms with Crippen molar-refractivity contribution in [3.63, 3.8) is 0 Å². The van der Waals surface area contributed by atoms with Crippen LogP contribution in [-0.2, 0) is 17.6 Å². The van der Waals surface area contributed by atoms with E-state index in [0.717, 1.165) is 18.4 Å². The molecule has 124 valence electrons. The van der Waals surface area contributed by atoms with Gasteiger partial charge < -0.3 is 15.4 Å². The third kappa shape index (κ3) is 2.21. The first-order valence-corrected chi connectivity index (χ1v) is 8.11. The summed E-state index contributed by atoms with van der Waals surface area (Å²) in [5.41, 5.74) is 10.3. The Hall–Kier alpha value is -2.63. The molecule has 4 rings (SSSR count). The molecule has 2 aromatic rings. The molecule has 2 atom stereocenters. The molecule has 2 aliphatic rings. The molecular formula is C18H21N5O. The second kappa shape index (κ2) is 5.19. The molecule has 2 heterocycles. The molecule has 0 radical (unpaired) electrons. The number of amidine groups is 1. The van der Waals surface area contributed by atoms with Crippen LogP contribution in [0.2, 0.25) is 0 Å². The van der Waals surface area contributed by atoms with Crippen LogP contribution in [-0.4, -0.2) is 41.7 Å². The van der Waals surface area contributed by atoms with Crippen molar-refractivity contribution in [1.82, 2.24) is 9.97 Å². The predicted octanol–water partition coefficient (Wildman–Crippen LogP) is 1.78. The monoisotopic (exact) mass is 323 g/mol. The molecule has 0 unspecified atom stereocenters. The Morgan fingerprint density at radius 3 is 2.58 bits per heavy atom. The van der Waals surface area contributed by atoms with Crippen molar-refractivity contribution in [2.24, 2.45) is 10.7 Å². The highest BCUT2D eigenvalue weighted by Gasteiger charge is 2.48. The summed E-state index contributed by atoms with van der Waals surface area (Å²) in [6, 6.07) is 6.68. The first kappa shape index (κ1) is 14.9. The van der Waals surface area contributed by atoms with Gasteiger partial charge in [-0.1, -0.05) is 18.2 Å². The van der Waals surface area contributed by atoms with Gasteiger partial charge in [0, 0.05) is 44.9 Å². The standard InChI is InChI=1S/C18H21N5O/c1-11-18(22-16(19)24-11)7-12-5-4-6-14(15(12)8-18)13-9-20-17(21-10-13)23(2)3/h4-6,9-11H,7-8H2,1-3H3,(H2,19,22)/t11-,18-/m1/s1. The molecule has 2 N–H and O–H groups in total. The zero-order chi connectivity index (χ0) is 16.9. The zero-order valence-electron chi connectivity index (χ0n) is 14.2. The summed E-state index contributed by atoms with van der Waals surface area (Å²) < 4.78 is 5.62. The number of hydrogen-bond donors (Lipinski definition) is 1.